The number of rotatable bonds is 5. The summed E-state index contributed by atoms with van der Waals surface area (Å²) in [6.45, 7) is 5.02. The fourth-order valence-corrected chi connectivity index (χ4v) is 4.00. The van der Waals surface area contributed by atoms with Gasteiger partial charge in [-0.15, -0.1) is 0 Å². The van der Waals surface area contributed by atoms with Crippen LogP contribution < -0.4 is 10.6 Å². The van der Waals surface area contributed by atoms with Crippen LogP contribution in [0.2, 0.25) is 0 Å². The second-order valence-corrected chi connectivity index (χ2v) is 7.13. The van der Waals surface area contributed by atoms with Crippen molar-refractivity contribution in [2.24, 2.45) is 0 Å². The number of hydrogen-bond acceptors (Lipinski definition) is 6. The Morgan fingerprint density at radius 1 is 1.32 bits per heavy atom. The van der Waals surface area contributed by atoms with E-state index in [1.165, 1.54) is 0 Å². The molecule has 0 amide bonds. The van der Waals surface area contributed by atoms with Gasteiger partial charge < -0.3 is 10.6 Å². The molecule has 1 aliphatic rings. The Morgan fingerprint density at radius 3 is 2.58 bits per heavy atom. The maximum Gasteiger partial charge on any atom is 0.154 e. The van der Waals surface area contributed by atoms with Gasteiger partial charge in [-0.05, 0) is 26.7 Å². The number of anilines is 2. The number of nitrogens with one attached hydrogen (secondary N) is 2. The van der Waals surface area contributed by atoms with Gasteiger partial charge in [-0.25, -0.2) is 18.4 Å². The van der Waals surface area contributed by atoms with Crippen LogP contribution in [0.15, 0.2) is 6.07 Å². The summed E-state index contributed by atoms with van der Waals surface area (Å²) in [6.07, 6.45) is 1.50. The largest absolute Gasteiger partial charge is 0.370 e. The van der Waals surface area contributed by atoms with Crippen molar-refractivity contribution in [1.82, 2.24) is 9.97 Å². The van der Waals surface area contributed by atoms with Gasteiger partial charge >= 0.3 is 0 Å². The van der Waals surface area contributed by atoms with Gasteiger partial charge in [-0.1, -0.05) is 0 Å². The first-order valence-corrected chi connectivity index (χ1v) is 8.28. The molecule has 1 saturated heterocycles. The van der Waals surface area contributed by atoms with E-state index in [1.807, 2.05) is 13.8 Å². The lowest BCUT2D eigenvalue weighted by Crippen LogP contribution is -2.25. The first-order chi connectivity index (χ1) is 9.01. The van der Waals surface area contributed by atoms with Crippen molar-refractivity contribution >= 4 is 21.5 Å². The van der Waals surface area contributed by atoms with Gasteiger partial charge in [0.1, 0.15) is 17.5 Å². The Kier molecular flexibility index (Phi) is 4.24. The maximum absolute atomic E-state index is 11.7. The van der Waals surface area contributed by atoms with Crippen molar-refractivity contribution in [1.29, 1.82) is 0 Å². The Hall–Kier alpha value is -1.37. The predicted molar refractivity (Wildman–Crippen MR) is 76.2 cm³/mol. The molecule has 19 heavy (non-hydrogen) atoms. The minimum absolute atomic E-state index is 0.287. The van der Waals surface area contributed by atoms with Crippen LogP contribution in [0.3, 0.4) is 0 Å². The zero-order chi connectivity index (χ0) is 13.9. The molecule has 1 fully saturated rings. The molecule has 2 heterocycles. The van der Waals surface area contributed by atoms with Crippen molar-refractivity contribution in [2.75, 3.05) is 29.5 Å². The van der Waals surface area contributed by atoms with E-state index >= 15 is 0 Å². The quantitative estimate of drug-likeness (QED) is 0.845. The lowest BCUT2D eigenvalue weighted by molar-refractivity contribution is 0.591. The summed E-state index contributed by atoms with van der Waals surface area (Å²) in [5.41, 5.74) is 0. The van der Waals surface area contributed by atoms with Gasteiger partial charge in [0.25, 0.3) is 0 Å². The highest BCUT2D eigenvalue weighted by Crippen LogP contribution is 2.20. The average Bonchev–Trinajstić information content (AvgIpc) is 2.65. The third-order valence-corrected chi connectivity index (χ3v) is 5.45. The number of aryl methyl sites for hydroxylation is 1. The second-order valence-electron chi connectivity index (χ2n) is 4.73. The molecular formula is C12H20N4O2S. The molecule has 0 radical (unpaired) electrons. The van der Waals surface area contributed by atoms with Gasteiger partial charge in [-0.2, -0.15) is 0 Å². The molecule has 6 nitrogen and oxygen atoms in total. The van der Waals surface area contributed by atoms with Gasteiger partial charge in [0.05, 0.1) is 11.0 Å². The highest BCUT2D eigenvalue weighted by atomic mass is 32.2. The summed E-state index contributed by atoms with van der Waals surface area (Å²) >= 11 is 0. The summed E-state index contributed by atoms with van der Waals surface area (Å²) in [5, 5.41) is 5.95. The van der Waals surface area contributed by atoms with Crippen LogP contribution >= 0.6 is 0 Å². The molecule has 7 heteroatoms. The molecule has 1 unspecified atom stereocenters. The first-order valence-electron chi connectivity index (χ1n) is 6.56. The lowest BCUT2D eigenvalue weighted by Gasteiger charge is -2.12. The highest BCUT2D eigenvalue weighted by molar-refractivity contribution is 7.92. The minimum Gasteiger partial charge on any atom is -0.370 e. The third-order valence-electron chi connectivity index (χ3n) is 3.17. The van der Waals surface area contributed by atoms with Crippen molar-refractivity contribution < 1.29 is 8.42 Å². The molecule has 0 aliphatic carbocycles. The Morgan fingerprint density at radius 2 is 2.00 bits per heavy atom. The summed E-state index contributed by atoms with van der Waals surface area (Å²) in [7, 11) is -2.91. The molecule has 0 saturated carbocycles. The van der Waals surface area contributed by atoms with E-state index in [9.17, 15) is 8.42 Å². The SMILES string of the molecule is CCNc1cc(NCC2CCCS2(=O)=O)nc(C)n1. The summed E-state index contributed by atoms with van der Waals surface area (Å²) < 4.78 is 23.5. The first kappa shape index (κ1) is 14.0. The summed E-state index contributed by atoms with van der Waals surface area (Å²) in [6, 6.07) is 1.80. The van der Waals surface area contributed by atoms with Crippen LogP contribution in [0, 0.1) is 6.92 Å². The summed E-state index contributed by atoms with van der Waals surface area (Å²) in [4.78, 5) is 8.52. The maximum atomic E-state index is 11.7. The normalized spacial score (nSPS) is 21.3. The zero-order valence-electron chi connectivity index (χ0n) is 11.3. The van der Waals surface area contributed by atoms with E-state index in [0.717, 1.165) is 25.2 Å². The Balaban J connectivity index is 2.03. The molecule has 1 atom stereocenters. The lowest BCUT2D eigenvalue weighted by atomic mass is 10.2. The van der Waals surface area contributed by atoms with Gasteiger partial charge in [0, 0.05) is 19.2 Å². The van der Waals surface area contributed by atoms with Crippen LogP contribution in [0.1, 0.15) is 25.6 Å². The molecule has 1 aliphatic heterocycles. The number of nitrogens with zero attached hydrogens (tertiary/aromatic N) is 2. The topological polar surface area (TPSA) is 84.0 Å². The Labute approximate surface area is 114 Å². The molecule has 0 bridgehead atoms. The zero-order valence-corrected chi connectivity index (χ0v) is 12.1. The Bertz CT molecular complexity index is 545. The third kappa shape index (κ3) is 3.56. The highest BCUT2D eigenvalue weighted by Gasteiger charge is 2.30. The van der Waals surface area contributed by atoms with Crippen molar-refractivity contribution in [3.63, 3.8) is 0 Å². The van der Waals surface area contributed by atoms with Gasteiger partial charge in [0.15, 0.2) is 9.84 Å². The van der Waals surface area contributed by atoms with E-state index in [1.54, 1.807) is 6.07 Å². The van der Waals surface area contributed by atoms with Gasteiger partial charge in [0.2, 0.25) is 0 Å². The summed E-state index contributed by atoms with van der Waals surface area (Å²) in [5.74, 6) is 2.40. The molecule has 2 N–H and O–H groups in total. The van der Waals surface area contributed by atoms with Gasteiger partial charge in [-0.3, -0.25) is 0 Å². The number of hydrogen-bond donors (Lipinski definition) is 2. The van der Waals surface area contributed by atoms with Crippen molar-refractivity contribution in [2.45, 2.75) is 31.9 Å². The van der Waals surface area contributed by atoms with Crippen LogP contribution in [0.4, 0.5) is 11.6 Å². The van der Waals surface area contributed by atoms with Crippen molar-refractivity contribution in [3.05, 3.63) is 11.9 Å². The molecule has 0 spiro atoms. The van der Waals surface area contributed by atoms with Crippen LogP contribution in [-0.4, -0.2) is 42.5 Å². The van der Waals surface area contributed by atoms with E-state index in [0.29, 0.717) is 23.9 Å². The van der Waals surface area contributed by atoms with E-state index < -0.39 is 9.84 Å². The smallest absolute Gasteiger partial charge is 0.154 e. The van der Waals surface area contributed by atoms with Crippen LogP contribution in [0.25, 0.3) is 0 Å². The molecule has 106 valence electrons. The van der Waals surface area contributed by atoms with E-state index in [2.05, 4.69) is 20.6 Å². The van der Waals surface area contributed by atoms with Crippen molar-refractivity contribution in [3.8, 4) is 0 Å². The van der Waals surface area contributed by atoms with Crippen LogP contribution in [0.5, 0.6) is 0 Å². The molecule has 1 aromatic heterocycles. The van der Waals surface area contributed by atoms with E-state index in [-0.39, 0.29) is 5.25 Å². The fraction of sp³-hybridized carbons (Fsp3) is 0.667. The molecule has 2 rings (SSSR count). The minimum atomic E-state index is -2.91. The average molecular weight is 284 g/mol. The molecule has 1 aromatic rings. The number of sulfone groups is 1. The number of aromatic nitrogens is 2. The standard InChI is InChI=1S/C12H20N4O2S/c1-3-13-11-7-12(16-9(2)15-11)14-8-10-5-4-6-19(10,17)18/h7,10H,3-6,8H2,1-2H3,(H2,13,14,15,16). The second kappa shape index (κ2) is 5.73. The monoisotopic (exact) mass is 284 g/mol. The fourth-order valence-electron chi connectivity index (χ4n) is 2.24. The van der Waals surface area contributed by atoms with Crippen LogP contribution in [-0.2, 0) is 9.84 Å². The molecular weight excluding hydrogens is 264 g/mol. The van der Waals surface area contributed by atoms with E-state index in [4.69, 9.17) is 0 Å². The molecule has 0 aromatic carbocycles. The predicted octanol–water partition coefficient (Wildman–Crippen LogP) is 1.21.